The number of fused-ring (bicyclic) bond motifs is 1. The molecule has 0 fully saturated rings. The molecule has 0 amide bonds. The largest absolute Gasteiger partial charge is 0.489 e. The van der Waals surface area contributed by atoms with E-state index in [4.69, 9.17) is 20.1 Å². The van der Waals surface area contributed by atoms with Crippen molar-refractivity contribution in [3.05, 3.63) is 142 Å². The molecule has 1 unspecified atom stereocenters. The van der Waals surface area contributed by atoms with Crippen LogP contribution in [0.1, 0.15) is 22.7 Å². The Kier molecular flexibility index (Phi) is 7.50. The molecule has 1 atom stereocenters. The lowest BCUT2D eigenvalue weighted by atomic mass is 9.96. The van der Waals surface area contributed by atoms with Gasteiger partial charge in [-0.15, -0.1) is 10.1 Å². The van der Waals surface area contributed by atoms with Gasteiger partial charge in [0.25, 0.3) is 5.09 Å². The Hall–Kier alpha value is -4.79. The normalized spacial score (nSPS) is 11.4. The third kappa shape index (κ3) is 6.01. The van der Waals surface area contributed by atoms with Gasteiger partial charge in [-0.05, 0) is 52.2 Å². The number of halogens is 2. The molecule has 0 spiro atoms. The average Bonchev–Trinajstić information content (AvgIpc) is 3.38. The van der Waals surface area contributed by atoms with Crippen LogP contribution in [0.4, 0.5) is 8.78 Å². The van der Waals surface area contributed by atoms with Gasteiger partial charge in [-0.25, -0.2) is 13.8 Å². The minimum atomic E-state index is -1.50. The second-order valence-corrected chi connectivity index (χ2v) is 7.85. The molecule has 0 aliphatic heterocycles. The highest BCUT2D eigenvalue weighted by Crippen LogP contribution is 2.30. The summed E-state index contributed by atoms with van der Waals surface area (Å²) in [7, 11) is 0. The lowest BCUT2D eigenvalue weighted by Crippen LogP contribution is -2.10. The molecule has 1 N–H and O–H groups in total. The van der Waals surface area contributed by atoms with E-state index in [0.717, 1.165) is 17.2 Å². The number of aromatic nitrogens is 2. The second-order valence-electron chi connectivity index (χ2n) is 7.85. The molecule has 1 heterocycles. The van der Waals surface area contributed by atoms with Crippen LogP contribution in [0.15, 0.2) is 104 Å². The Morgan fingerprint density at radius 2 is 1.64 bits per heavy atom. The molecule has 36 heavy (non-hydrogen) atoms. The molecule has 4 aromatic carbocycles. The molecule has 9 heteroatoms. The van der Waals surface area contributed by atoms with Gasteiger partial charge in [0.05, 0.1) is 12.4 Å². The summed E-state index contributed by atoms with van der Waals surface area (Å²) >= 11 is 0. The molecule has 5 aromatic rings. The van der Waals surface area contributed by atoms with Gasteiger partial charge in [0.1, 0.15) is 24.0 Å². The molecule has 0 aliphatic rings. The van der Waals surface area contributed by atoms with Crippen LogP contribution in [-0.2, 0) is 6.61 Å². The van der Waals surface area contributed by atoms with E-state index in [2.05, 4.69) is 39.9 Å². The van der Waals surface area contributed by atoms with E-state index in [0.29, 0.717) is 11.3 Å². The van der Waals surface area contributed by atoms with E-state index < -0.39 is 16.7 Å². The number of imidazole rings is 1. The standard InChI is InChI=1S/C27H20F2N2O.HNO3/c28-24-10-7-23(26(29)16-24)17-32-25-11-8-20(9-12-25)27(31-14-13-30-18-31)22-6-5-19-3-1-2-4-21(19)15-22;2-1(3)4/h1-16,18,27H,17H2;(H,2,3,4). The number of rotatable bonds is 6. The highest BCUT2D eigenvalue weighted by molar-refractivity contribution is 5.83. The Bertz CT molecular complexity index is 1450. The van der Waals surface area contributed by atoms with Crippen LogP contribution in [0.5, 0.6) is 5.75 Å². The van der Waals surface area contributed by atoms with E-state index in [-0.39, 0.29) is 12.6 Å². The van der Waals surface area contributed by atoms with Crippen molar-refractivity contribution in [1.82, 2.24) is 9.55 Å². The van der Waals surface area contributed by atoms with Gasteiger partial charge in [0, 0.05) is 24.0 Å². The first-order valence-corrected chi connectivity index (χ1v) is 10.9. The van der Waals surface area contributed by atoms with Crippen LogP contribution in [0.2, 0.25) is 0 Å². The van der Waals surface area contributed by atoms with Gasteiger partial charge in [0.15, 0.2) is 0 Å². The van der Waals surface area contributed by atoms with Crippen LogP contribution in [0.3, 0.4) is 0 Å². The predicted molar refractivity (Wildman–Crippen MR) is 129 cm³/mol. The summed E-state index contributed by atoms with van der Waals surface area (Å²) in [5.41, 5.74) is 2.52. The highest BCUT2D eigenvalue weighted by Gasteiger charge is 2.17. The molecule has 0 radical (unpaired) electrons. The Balaban J connectivity index is 0.000000709. The van der Waals surface area contributed by atoms with Crippen molar-refractivity contribution < 1.29 is 23.8 Å². The van der Waals surface area contributed by atoms with Crippen molar-refractivity contribution in [3.63, 3.8) is 0 Å². The van der Waals surface area contributed by atoms with Gasteiger partial charge < -0.3 is 14.5 Å². The third-order valence-corrected chi connectivity index (χ3v) is 5.52. The number of ether oxygens (including phenoxy) is 1. The lowest BCUT2D eigenvalue weighted by molar-refractivity contribution is -0.742. The van der Waals surface area contributed by atoms with E-state index in [1.807, 2.05) is 48.9 Å². The fourth-order valence-electron chi connectivity index (χ4n) is 3.88. The van der Waals surface area contributed by atoms with Gasteiger partial charge in [0.2, 0.25) is 0 Å². The summed E-state index contributed by atoms with van der Waals surface area (Å²) in [6.45, 7) is 0.0289. The molecular weight excluding hydrogens is 468 g/mol. The monoisotopic (exact) mass is 489 g/mol. The first kappa shape index (κ1) is 24.3. The quantitative estimate of drug-likeness (QED) is 0.227. The maximum absolute atomic E-state index is 13.9. The molecule has 1 aromatic heterocycles. The summed E-state index contributed by atoms with van der Waals surface area (Å²) in [5, 5.41) is 16.0. The van der Waals surface area contributed by atoms with Crippen molar-refractivity contribution in [2.24, 2.45) is 0 Å². The van der Waals surface area contributed by atoms with Crippen LogP contribution >= 0.6 is 0 Å². The van der Waals surface area contributed by atoms with E-state index in [1.54, 1.807) is 6.20 Å². The minimum absolute atomic E-state index is 0.0289. The van der Waals surface area contributed by atoms with Crippen LogP contribution in [-0.4, -0.2) is 19.8 Å². The SMILES string of the molecule is Fc1ccc(COc2ccc(C(c3ccc4ccccc4c3)n3ccnc3)cc2)c(F)c1.O=[N+]([O-])O. The van der Waals surface area contributed by atoms with Gasteiger partial charge in [-0.2, -0.15) is 0 Å². The van der Waals surface area contributed by atoms with Gasteiger partial charge in [-0.1, -0.05) is 48.5 Å². The zero-order valence-electron chi connectivity index (χ0n) is 18.9. The zero-order valence-corrected chi connectivity index (χ0v) is 18.9. The molecule has 5 rings (SSSR count). The van der Waals surface area contributed by atoms with E-state index in [9.17, 15) is 8.78 Å². The summed E-state index contributed by atoms with van der Waals surface area (Å²) in [4.78, 5) is 12.6. The minimum Gasteiger partial charge on any atom is -0.489 e. The maximum Gasteiger partial charge on any atom is 0.291 e. The Morgan fingerprint density at radius 1 is 0.944 bits per heavy atom. The molecule has 0 bridgehead atoms. The first-order valence-electron chi connectivity index (χ1n) is 10.9. The lowest BCUT2D eigenvalue weighted by Gasteiger charge is -2.20. The molecule has 182 valence electrons. The number of hydrogen-bond donors (Lipinski definition) is 1. The molecule has 7 nitrogen and oxygen atoms in total. The van der Waals surface area contributed by atoms with E-state index in [1.165, 1.54) is 22.9 Å². The summed E-state index contributed by atoms with van der Waals surface area (Å²) in [6, 6.07) is 25.9. The number of benzene rings is 4. The van der Waals surface area contributed by atoms with Crippen LogP contribution < -0.4 is 4.74 Å². The highest BCUT2D eigenvalue weighted by atomic mass is 19.1. The smallest absolute Gasteiger partial charge is 0.291 e. The topological polar surface area (TPSA) is 90.4 Å². The molecule has 0 saturated carbocycles. The second kappa shape index (κ2) is 11.1. The van der Waals surface area contributed by atoms with Crippen molar-refractivity contribution in [2.75, 3.05) is 0 Å². The van der Waals surface area contributed by atoms with Crippen molar-refractivity contribution in [2.45, 2.75) is 12.6 Å². The van der Waals surface area contributed by atoms with Crippen molar-refractivity contribution in [1.29, 1.82) is 0 Å². The van der Waals surface area contributed by atoms with E-state index >= 15 is 0 Å². The van der Waals surface area contributed by atoms with Gasteiger partial charge >= 0.3 is 0 Å². The molecule has 0 saturated heterocycles. The van der Waals surface area contributed by atoms with Crippen LogP contribution in [0, 0.1) is 21.7 Å². The fraction of sp³-hybridized carbons (Fsp3) is 0.0741. The fourth-order valence-corrected chi connectivity index (χ4v) is 3.88. The molecular formula is C27H21F2N3O4. The van der Waals surface area contributed by atoms with Crippen molar-refractivity contribution in [3.8, 4) is 5.75 Å². The first-order chi connectivity index (χ1) is 17.4. The third-order valence-electron chi connectivity index (χ3n) is 5.52. The predicted octanol–water partition coefficient (Wildman–Crippen LogP) is 6.18. The van der Waals surface area contributed by atoms with Crippen molar-refractivity contribution >= 4 is 10.8 Å². The summed E-state index contributed by atoms with van der Waals surface area (Å²) < 4.78 is 34.7. The van der Waals surface area contributed by atoms with Gasteiger partial charge in [-0.3, -0.25) is 0 Å². The Morgan fingerprint density at radius 3 is 2.31 bits per heavy atom. The van der Waals surface area contributed by atoms with Crippen LogP contribution in [0.25, 0.3) is 10.8 Å². The zero-order chi connectivity index (χ0) is 25.5. The average molecular weight is 489 g/mol. The number of nitrogens with zero attached hydrogens (tertiary/aromatic N) is 3. The number of hydrogen-bond acceptors (Lipinski definition) is 4. The summed E-state index contributed by atoms with van der Waals surface area (Å²) in [6.07, 6.45) is 5.52. The molecule has 0 aliphatic carbocycles. The summed E-state index contributed by atoms with van der Waals surface area (Å²) in [5.74, 6) is -0.603. The Labute approximate surface area is 205 Å². The maximum atomic E-state index is 13.9.